The largest absolute Gasteiger partial charge is 0.382 e. The highest BCUT2D eigenvalue weighted by molar-refractivity contribution is 9.10. The van der Waals surface area contributed by atoms with Gasteiger partial charge in [0.2, 0.25) is 0 Å². The Bertz CT molecular complexity index is 493. The van der Waals surface area contributed by atoms with E-state index in [4.69, 9.17) is 5.73 Å². The molecule has 0 atom stereocenters. The number of halogens is 1. The van der Waals surface area contributed by atoms with E-state index < -0.39 is 0 Å². The van der Waals surface area contributed by atoms with Crippen LogP contribution in [0.1, 0.15) is 26.2 Å². The Morgan fingerprint density at radius 1 is 1.38 bits per heavy atom. The SMILES string of the molecule is CCCCCn1c(Br)nc2c(N)ncnc21. The molecule has 0 amide bonds. The first kappa shape index (κ1) is 11.3. The van der Waals surface area contributed by atoms with Gasteiger partial charge in [-0.05, 0) is 22.4 Å². The number of nitrogen functional groups attached to an aromatic ring is 1. The molecular formula is C10H14BrN5. The van der Waals surface area contributed by atoms with E-state index in [2.05, 4.69) is 37.8 Å². The predicted molar refractivity (Wildman–Crippen MR) is 67.0 cm³/mol. The third kappa shape index (κ3) is 2.02. The van der Waals surface area contributed by atoms with E-state index in [-0.39, 0.29) is 0 Å². The summed E-state index contributed by atoms with van der Waals surface area (Å²) in [5.74, 6) is 0.431. The topological polar surface area (TPSA) is 69.6 Å². The number of aryl methyl sites for hydroxylation is 1. The number of rotatable bonds is 4. The lowest BCUT2D eigenvalue weighted by Crippen LogP contribution is -2.00. The summed E-state index contributed by atoms with van der Waals surface area (Å²) in [5.41, 5.74) is 7.22. The first-order valence-corrected chi connectivity index (χ1v) is 6.15. The van der Waals surface area contributed by atoms with Crippen molar-refractivity contribution in [3.63, 3.8) is 0 Å². The summed E-state index contributed by atoms with van der Waals surface area (Å²) in [5, 5.41) is 0. The van der Waals surface area contributed by atoms with Crippen LogP contribution in [0.15, 0.2) is 11.1 Å². The molecule has 0 aliphatic heterocycles. The van der Waals surface area contributed by atoms with Crippen molar-refractivity contribution in [2.24, 2.45) is 0 Å². The molecule has 0 spiro atoms. The summed E-state index contributed by atoms with van der Waals surface area (Å²) >= 11 is 3.42. The van der Waals surface area contributed by atoms with E-state index in [9.17, 15) is 0 Å². The second-order valence-corrected chi connectivity index (χ2v) is 4.38. The van der Waals surface area contributed by atoms with Crippen LogP contribution in [0.3, 0.4) is 0 Å². The number of fused-ring (bicyclic) bond motifs is 1. The molecular weight excluding hydrogens is 270 g/mol. The Kier molecular flexibility index (Phi) is 3.38. The summed E-state index contributed by atoms with van der Waals surface area (Å²) in [6.07, 6.45) is 4.99. The smallest absolute Gasteiger partial charge is 0.179 e. The number of anilines is 1. The summed E-state index contributed by atoms with van der Waals surface area (Å²) < 4.78 is 2.80. The molecule has 0 aliphatic carbocycles. The first-order chi connectivity index (χ1) is 7.74. The van der Waals surface area contributed by atoms with Crippen molar-refractivity contribution in [1.29, 1.82) is 0 Å². The minimum Gasteiger partial charge on any atom is -0.382 e. The monoisotopic (exact) mass is 283 g/mol. The van der Waals surface area contributed by atoms with Crippen LogP contribution in [0.2, 0.25) is 0 Å². The Morgan fingerprint density at radius 2 is 2.19 bits per heavy atom. The van der Waals surface area contributed by atoms with E-state index in [0.29, 0.717) is 11.3 Å². The van der Waals surface area contributed by atoms with E-state index in [0.717, 1.165) is 23.3 Å². The second-order valence-electron chi connectivity index (χ2n) is 3.67. The normalized spacial score (nSPS) is 11.1. The molecule has 6 heteroatoms. The van der Waals surface area contributed by atoms with E-state index in [1.54, 1.807) is 0 Å². The molecule has 0 unspecified atom stereocenters. The maximum Gasteiger partial charge on any atom is 0.179 e. The summed E-state index contributed by atoms with van der Waals surface area (Å²) in [6, 6.07) is 0. The number of hydrogen-bond acceptors (Lipinski definition) is 4. The zero-order valence-electron chi connectivity index (χ0n) is 9.15. The van der Waals surface area contributed by atoms with Gasteiger partial charge in [-0.25, -0.2) is 15.0 Å². The van der Waals surface area contributed by atoms with Crippen LogP contribution in [-0.2, 0) is 6.54 Å². The Balaban J connectivity index is 2.36. The number of aromatic nitrogens is 4. The molecule has 2 aromatic heterocycles. The van der Waals surface area contributed by atoms with Gasteiger partial charge < -0.3 is 10.3 Å². The van der Waals surface area contributed by atoms with Gasteiger partial charge in [0.25, 0.3) is 0 Å². The van der Waals surface area contributed by atoms with Crippen LogP contribution in [-0.4, -0.2) is 19.5 Å². The molecule has 0 saturated heterocycles. The van der Waals surface area contributed by atoms with Gasteiger partial charge in [0.15, 0.2) is 21.7 Å². The molecule has 0 bridgehead atoms. The zero-order valence-corrected chi connectivity index (χ0v) is 10.7. The van der Waals surface area contributed by atoms with Gasteiger partial charge in [-0.15, -0.1) is 0 Å². The van der Waals surface area contributed by atoms with Crippen molar-refractivity contribution in [3.8, 4) is 0 Å². The number of imidazole rings is 1. The molecule has 0 fully saturated rings. The molecule has 0 radical (unpaired) electrons. The standard InChI is InChI=1S/C10H14BrN5/c1-2-3-4-5-16-9-7(15-10(16)11)8(12)13-6-14-9/h6H,2-5H2,1H3,(H2,12,13,14). The average Bonchev–Trinajstić information content (AvgIpc) is 2.58. The number of unbranched alkanes of at least 4 members (excludes halogenated alkanes) is 2. The molecule has 2 rings (SSSR count). The predicted octanol–water partition coefficient (Wildman–Crippen LogP) is 2.36. The lowest BCUT2D eigenvalue weighted by molar-refractivity contribution is 0.602. The van der Waals surface area contributed by atoms with Crippen molar-refractivity contribution in [2.45, 2.75) is 32.7 Å². The Labute approximate surface area is 102 Å². The molecule has 2 N–H and O–H groups in total. The molecule has 0 saturated carbocycles. The maximum absolute atomic E-state index is 5.75. The van der Waals surface area contributed by atoms with Crippen LogP contribution in [0.4, 0.5) is 5.82 Å². The van der Waals surface area contributed by atoms with E-state index in [1.807, 2.05) is 4.57 Å². The molecule has 16 heavy (non-hydrogen) atoms. The third-order valence-corrected chi connectivity index (χ3v) is 3.10. The molecule has 2 aromatic rings. The molecule has 0 aromatic carbocycles. The molecule has 86 valence electrons. The lowest BCUT2D eigenvalue weighted by atomic mass is 10.2. The maximum atomic E-state index is 5.75. The molecule has 0 aliphatic rings. The quantitative estimate of drug-likeness (QED) is 0.691. The van der Waals surface area contributed by atoms with Crippen LogP contribution in [0, 0.1) is 0 Å². The van der Waals surface area contributed by atoms with Gasteiger partial charge in [0, 0.05) is 6.54 Å². The zero-order chi connectivity index (χ0) is 11.5. The summed E-state index contributed by atoms with van der Waals surface area (Å²) in [6.45, 7) is 3.09. The van der Waals surface area contributed by atoms with Gasteiger partial charge in [0.05, 0.1) is 0 Å². The van der Waals surface area contributed by atoms with Gasteiger partial charge >= 0.3 is 0 Å². The third-order valence-electron chi connectivity index (χ3n) is 2.50. The summed E-state index contributed by atoms with van der Waals surface area (Å²) in [4.78, 5) is 12.5. The number of hydrogen-bond donors (Lipinski definition) is 1. The highest BCUT2D eigenvalue weighted by Gasteiger charge is 2.11. The highest BCUT2D eigenvalue weighted by Crippen LogP contribution is 2.21. The van der Waals surface area contributed by atoms with Crippen LogP contribution in [0.25, 0.3) is 11.2 Å². The van der Waals surface area contributed by atoms with Crippen LogP contribution < -0.4 is 5.73 Å². The van der Waals surface area contributed by atoms with Crippen LogP contribution in [0.5, 0.6) is 0 Å². The fraction of sp³-hybridized carbons (Fsp3) is 0.500. The van der Waals surface area contributed by atoms with Gasteiger partial charge in [0.1, 0.15) is 6.33 Å². The van der Waals surface area contributed by atoms with E-state index in [1.165, 1.54) is 19.2 Å². The highest BCUT2D eigenvalue weighted by atomic mass is 79.9. The molecule has 2 heterocycles. The minimum absolute atomic E-state index is 0.431. The second kappa shape index (κ2) is 4.78. The van der Waals surface area contributed by atoms with Crippen molar-refractivity contribution in [1.82, 2.24) is 19.5 Å². The fourth-order valence-corrected chi connectivity index (χ4v) is 2.17. The van der Waals surface area contributed by atoms with Crippen molar-refractivity contribution >= 4 is 32.9 Å². The number of nitrogens with zero attached hydrogens (tertiary/aromatic N) is 4. The van der Waals surface area contributed by atoms with Crippen LogP contribution >= 0.6 is 15.9 Å². The van der Waals surface area contributed by atoms with Gasteiger partial charge in [-0.3, -0.25) is 0 Å². The summed E-state index contributed by atoms with van der Waals surface area (Å²) in [7, 11) is 0. The molecule has 5 nitrogen and oxygen atoms in total. The fourth-order valence-electron chi connectivity index (χ4n) is 1.65. The van der Waals surface area contributed by atoms with Gasteiger partial charge in [-0.1, -0.05) is 19.8 Å². The van der Waals surface area contributed by atoms with Crippen molar-refractivity contribution in [2.75, 3.05) is 5.73 Å². The minimum atomic E-state index is 0.431. The van der Waals surface area contributed by atoms with E-state index >= 15 is 0 Å². The van der Waals surface area contributed by atoms with Crippen molar-refractivity contribution < 1.29 is 0 Å². The average molecular weight is 284 g/mol. The Hall–Kier alpha value is -1.17. The van der Waals surface area contributed by atoms with Gasteiger partial charge in [-0.2, -0.15) is 0 Å². The first-order valence-electron chi connectivity index (χ1n) is 5.36. The lowest BCUT2D eigenvalue weighted by Gasteiger charge is -2.03. The van der Waals surface area contributed by atoms with Crippen molar-refractivity contribution in [3.05, 3.63) is 11.1 Å². The number of nitrogens with two attached hydrogens (primary N) is 1. The Morgan fingerprint density at radius 3 is 2.94 bits per heavy atom.